The standard InChI is InChI=1S/C13H19N3O3/c1-4-5-17-8-13(3,14)12-15-11(19-16-12)10-6-9(2)18-7-10/h6-7H,4-5,8,14H2,1-3H3. The van der Waals surface area contributed by atoms with Crippen molar-refractivity contribution < 1.29 is 13.7 Å². The summed E-state index contributed by atoms with van der Waals surface area (Å²) in [5, 5.41) is 3.92. The molecule has 104 valence electrons. The summed E-state index contributed by atoms with van der Waals surface area (Å²) in [6.45, 7) is 6.73. The second kappa shape index (κ2) is 5.54. The molecule has 0 spiro atoms. The average Bonchev–Trinajstić information content (AvgIpc) is 2.97. The van der Waals surface area contributed by atoms with Crippen molar-refractivity contribution in [3.8, 4) is 11.5 Å². The summed E-state index contributed by atoms with van der Waals surface area (Å²) in [6.07, 6.45) is 2.52. The maximum atomic E-state index is 6.14. The molecular weight excluding hydrogens is 246 g/mol. The summed E-state index contributed by atoms with van der Waals surface area (Å²) in [5.74, 6) is 1.62. The molecule has 2 N–H and O–H groups in total. The van der Waals surface area contributed by atoms with Crippen molar-refractivity contribution in [2.75, 3.05) is 13.2 Å². The minimum atomic E-state index is -0.768. The highest BCUT2D eigenvalue weighted by Gasteiger charge is 2.28. The van der Waals surface area contributed by atoms with E-state index >= 15 is 0 Å². The van der Waals surface area contributed by atoms with Gasteiger partial charge in [0.2, 0.25) is 0 Å². The third-order valence-electron chi connectivity index (χ3n) is 2.66. The van der Waals surface area contributed by atoms with Gasteiger partial charge < -0.3 is 19.4 Å². The molecule has 0 aromatic carbocycles. The molecule has 0 aliphatic rings. The Balaban J connectivity index is 2.11. The molecule has 0 saturated heterocycles. The average molecular weight is 265 g/mol. The molecule has 6 nitrogen and oxygen atoms in total. The summed E-state index contributed by atoms with van der Waals surface area (Å²) in [5.41, 5.74) is 6.13. The van der Waals surface area contributed by atoms with Gasteiger partial charge in [-0.1, -0.05) is 12.1 Å². The molecule has 2 heterocycles. The van der Waals surface area contributed by atoms with Gasteiger partial charge in [-0.25, -0.2) is 0 Å². The van der Waals surface area contributed by atoms with E-state index in [9.17, 15) is 0 Å². The molecule has 2 aromatic heterocycles. The van der Waals surface area contributed by atoms with Gasteiger partial charge in [0.1, 0.15) is 17.6 Å². The Morgan fingerprint density at radius 2 is 2.26 bits per heavy atom. The molecule has 1 unspecified atom stereocenters. The van der Waals surface area contributed by atoms with Crippen LogP contribution in [0.3, 0.4) is 0 Å². The molecule has 0 fully saturated rings. The fraction of sp³-hybridized carbons (Fsp3) is 0.538. The van der Waals surface area contributed by atoms with Crippen LogP contribution in [0.1, 0.15) is 31.9 Å². The minimum absolute atomic E-state index is 0.351. The van der Waals surface area contributed by atoms with Crippen molar-refractivity contribution >= 4 is 0 Å². The van der Waals surface area contributed by atoms with Gasteiger partial charge in [0.15, 0.2) is 5.82 Å². The van der Waals surface area contributed by atoms with Gasteiger partial charge in [0.25, 0.3) is 5.89 Å². The summed E-state index contributed by atoms with van der Waals surface area (Å²) in [7, 11) is 0. The molecule has 6 heteroatoms. The van der Waals surface area contributed by atoms with Crippen LogP contribution in [0.15, 0.2) is 21.3 Å². The van der Waals surface area contributed by atoms with E-state index in [1.807, 2.05) is 26.8 Å². The zero-order valence-corrected chi connectivity index (χ0v) is 11.5. The SMILES string of the molecule is CCCOCC(C)(N)c1noc(-c2coc(C)c2)n1. The van der Waals surface area contributed by atoms with Crippen molar-refractivity contribution in [2.45, 2.75) is 32.7 Å². The Hall–Kier alpha value is -1.66. The highest BCUT2D eigenvalue weighted by Crippen LogP contribution is 2.23. The Morgan fingerprint density at radius 3 is 2.89 bits per heavy atom. The van der Waals surface area contributed by atoms with Crippen LogP contribution in [0.2, 0.25) is 0 Å². The van der Waals surface area contributed by atoms with Gasteiger partial charge in [-0.05, 0) is 26.3 Å². The van der Waals surface area contributed by atoms with Gasteiger partial charge in [-0.15, -0.1) is 0 Å². The quantitative estimate of drug-likeness (QED) is 0.806. The number of furan rings is 1. The maximum Gasteiger partial charge on any atom is 0.261 e. The molecule has 1 atom stereocenters. The van der Waals surface area contributed by atoms with E-state index < -0.39 is 5.54 Å². The number of aromatic nitrogens is 2. The number of ether oxygens (including phenoxy) is 1. The van der Waals surface area contributed by atoms with Crippen molar-refractivity contribution in [3.05, 3.63) is 23.9 Å². The monoisotopic (exact) mass is 265 g/mol. The number of hydrogen-bond acceptors (Lipinski definition) is 6. The van der Waals surface area contributed by atoms with Crippen LogP contribution in [0.4, 0.5) is 0 Å². The Labute approximate surface area is 111 Å². The van der Waals surface area contributed by atoms with Crippen LogP contribution in [-0.4, -0.2) is 23.4 Å². The van der Waals surface area contributed by atoms with E-state index in [2.05, 4.69) is 10.1 Å². The van der Waals surface area contributed by atoms with Gasteiger partial charge in [0.05, 0.1) is 12.2 Å². The largest absolute Gasteiger partial charge is 0.469 e. The predicted molar refractivity (Wildman–Crippen MR) is 69.4 cm³/mol. The van der Waals surface area contributed by atoms with E-state index in [-0.39, 0.29) is 0 Å². The van der Waals surface area contributed by atoms with Crippen LogP contribution in [0, 0.1) is 6.92 Å². The molecule has 0 aliphatic carbocycles. The highest BCUT2D eigenvalue weighted by molar-refractivity contribution is 5.51. The smallest absolute Gasteiger partial charge is 0.261 e. The minimum Gasteiger partial charge on any atom is -0.469 e. The van der Waals surface area contributed by atoms with Crippen LogP contribution in [-0.2, 0) is 10.3 Å². The first kappa shape index (κ1) is 13.8. The van der Waals surface area contributed by atoms with E-state index in [1.165, 1.54) is 0 Å². The van der Waals surface area contributed by atoms with E-state index in [1.54, 1.807) is 6.26 Å². The molecule has 0 amide bonds. The second-order valence-corrected chi connectivity index (χ2v) is 4.84. The third-order valence-corrected chi connectivity index (χ3v) is 2.66. The van der Waals surface area contributed by atoms with E-state index in [0.717, 1.165) is 17.7 Å². The van der Waals surface area contributed by atoms with Crippen LogP contribution in [0.5, 0.6) is 0 Å². The maximum absolute atomic E-state index is 6.14. The lowest BCUT2D eigenvalue weighted by Gasteiger charge is -2.19. The number of nitrogens with two attached hydrogens (primary N) is 1. The molecule has 2 rings (SSSR count). The van der Waals surface area contributed by atoms with Crippen molar-refractivity contribution in [2.24, 2.45) is 5.73 Å². The number of rotatable bonds is 6. The Morgan fingerprint density at radius 1 is 1.47 bits per heavy atom. The lowest BCUT2D eigenvalue weighted by molar-refractivity contribution is 0.0867. The van der Waals surface area contributed by atoms with E-state index in [4.69, 9.17) is 19.4 Å². The lowest BCUT2D eigenvalue weighted by Crippen LogP contribution is -2.39. The zero-order valence-electron chi connectivity index (χ0n) is 11.5. The molecule has 0 radical (unpaired) electrons. The lowest BCUT2D eigenvalue weighted by atomic mass is 10.1. The van der Waals surface area contributed by atoms with Gasteiger partial charge in [-0.3, -0.25) is 0 Å². The molecular formula is C13H19N3O3. The second-order valence-electron chi connectivity index (χ2n) is 4.84. The first-order valence-corrected chi connectivity index (χ1v) is 6.29. The van der Waals surface area contributed by atoms with Crippen molar-refractivity contribution in [3.63, 3.8) is 0 Å². The molecule has 0 aliphatic heterocycles. The first-order valence-electron chi connectivity index (χ1n) is 6.29. The molecule has 19 heavy (non-hydrogen) atoms. The van der Waals surface area contributed by atoms with Crippen LogP contribution < -0.4 is 5.73 Å². The molecule has 0 saturated carbocycles. The Bertz CT molecular complexity index is 531. The van der Waals surface area contributed by atoms with Crippen molar-refractivity contribution in [1.29, 1.82) is 0 Å². The first-order chi connectivity index (χ1) is 9.03. The van der Waals surface area contributed by atoms with Crippen molar-refractivity contribution in [1.82, 2.24) is 10.1 Å². The normalized spacial score (nSPS) is 14.5. The van der Waals surface area contributed by atoms with Crippen LogP contribution >= 0.6 is 0 Å². The summed E-state index contributed by atoms with van der Waals surface area (Å²) in [6, 6.07) is 1.83. The molecule has 2 aromatic rings. The number of aryl methyl sites for hydroxylation is 1. The Kier molecular flexibility index (Phi) is 4.01. The zero-order chi connectivity index (χ0) is 13.9. The fourth-order valence-corrected chi connectivity index (χ4v) is 1.62. The summed E-state index contributed by atoms with van der Waals surface area (Å²) >= 11 is 0. The summed E-state index contributed by atoms with van der Waals surface area (Å²) in [4.78, 5) is 4.30. The van der Waals surface area contributed by atoms with Gasteiger partial charge in [-0.2, -0.15) is 4.98 Å². The van der Waals surface area contributed by atoms with Gasteiger partial charge >= 0.3 is 0 Å². The van der Waals surface area contributed by atoms with Gasteiger partial charge in [0, 0.05) is 6.61 Å². The predicted octanol–water partition coefficient (Wildman–Crippen LogP) is 2.24. The van der Waals surface area contributed by atoms with E-state index in [0.29, 0.717) is 24.9 Å². The number of nitrogens with zero attached hydrogens (tertiary/aromatic N) is 2. The topological polar surface area (TPSA) is 87.3 Å². The summed E-state index contributed by atoms with van der Waals surface area (Å²) < 4.78 is 15.9. The third kappa shape index (κ3) is 3.21. The number of hydrogen-bond donors (Lipinski definition) is 1. The highest BCUT2D eigenvalue weighted by atomic mass is 16.5. The molecule has 0 bridgehead atoms. The van der Waals surface area contributed by atoms with Crippen LogP contribution in [0.25, 0.3) is 11.5 Å². The fourth-order valence-electron chi connectivity index (χ4n) is 1.62.